The van der Waals surface area contributed by atoms with E-state index in [9.17, 15) is 0 Å². The fourth-order valence-electron chi connectivity index (χ4n) is 6.04. The Kier molecular flexibility index (Phi) is 7.03. The van der Waals surface area contributed by atoms with Gasteiger partial charge in [-0.2, -0.15) is 0 Å². The van der Waals surface area contributed by atoms with Gasteiger partial charge in [-0.15, -0.1) is 0 Å². The summed E-state index contributed by atoms with van der Waals surface area (Å²) in [5.41, 5.74) is 11.3. The zero-order valence-corrected chi connectivity index (χ0v) is 25.5. The smallest absolute Gasteiger partial charge is 0.140 e. The summed E-state index contributed by atoms with van der Waals surface area (Å²) in [6.07, 6.45) is 0. The van der Waals surface area contributed by atoms with Crippen molar-refractivity contribution in [3.63, 3.8) is 0 Å². The minimum Gasteiger partial charge on any atom is -0.327 e. The second kappa shape index (κ2) is 11.3. The summed E-state index contributed by atoms with van der Waals surface area (Å²) < 4.78 is 4.32. The van der Waals surface area contributed by atoms with Gasteiger partial charge in [-0.3, -0.25) is 0 Å². The van der Waals surface area contributed by atoms with Gasteiger partial charge in [-0.1, -0.05) is 111 Å². The van der Waals surface area contributed by atoms with E-state index in [4.69, 9.17) is 9.97 Å². The molecule has 8 rings (SSSR count). The van der Waals surface area contributed by atoms with Gasteiger partial charge in [0.15, 0.2) is 0 Å². The molecule has 0 N–H and O–H groups in total. The van der Waals surface area contributed by atoms with Crippen molar-refractivity contribution in [2.75, 3.05) is 0 Å². The van der Waals surface area contributed by atoms with Crippen molar-refractivity contribution in [1.82, 2.24) is 19.1 Å². The van der Waals surface area contributed by atoms with Crippen LogP contribution in [0.25, 0.3) is 77.9 Å². The van der Waals surface area contributed by atoms with E-state index >= 15 is 0 Å². The molecular formula is C40H34N4. The molecule has 0 fully saturated rings. The van der Waals surface area contributed by atoms with Crippen LogP contribution >= 0.6 is 0 Å². The molecule has 4 nitrogen and oxygen atoms in total. The summed E-state index contributed by atoms with van der Waals surface area (Å²) >= 11 is 0. The van der Waals surface area contributed by atoms with Crippen LogP contribution in [-0.2, 0) is 14.1 Å². The number of para-hydroxylation sites is 4. The summed E-state index contributed by atoms with van der Waals surface area (Å²) in [5, 5.41) is 2.46. The van der Waals surface area contributed by atoms with Gasteiger partial charge in [0, 0.05) is 25.2 Å². The number of rotatable bonds is 4. The highest BCUT2D eigenvalue weighted by atomic mass is 15.1. The lowest BCUT2D eigenvalue weighted by atomic mass is 9.97. The second-order valence-corrected chi connectivity index (χ2v) is 10.9. The van der Waals surface area contributed by atoms with E-state index in [1.165, 1.54) is 33.0 Å². The third-order valence-electron chi connectivity index (χ3n) is 8.37. The molecule has 0 saturated heterocycles. The van der Waals surface area contributed by atoms with E-state index < -0.39 is 0 Å². The van der Waals surface area contributed by atoms with Gasteiger partial charge < -0.3 is 9.13 Å². The molecule has 214 valence electrons. The molecule has 0 atom stereocenters. The zero-order valence-electron chi connectivity index (χ0n) is 25.5. The zero-order chi connectivity index (χ0) is 30.2. The Morgan fingerprint density at radius 1 is 0.386 bits per heavy atom. The first-order chi connectivity index (χ1) is 21.6. The number of benzene rings is 6. The lowest BCUT2D eigenvalue weighted by Crippen LogP contribution is -1.92. The third kappa shape index (κ3) is 4.75. The quantitative estimate of drug-likeness (QED) is 0.211. The van der Waals surface area contributed by atoms with Crippen molar-refractivity contribution < 1.29 is 0 Å². The number of nitrogens with zero attached hydrogens (tertiary/aromatic N) is 4. The topological polar surface area (TPSA) is 35.6 Å². The average Bonchev–Trinajstić information content (AvgIpc) is 3.61. The first-order valence-electron chi connectivity index (χ1n) is 15.2. The van der Waals surface area contributed by atoms with Crippen LogP contribution in [0.1, 0.15) is 13.8 Å². The van der Waals surface area contributed by atoms with Crippen molar-refractivity contribution in [1.29, 1.82) is 0 Å². The van der Waals surface area contributed by atoms with E-state index in [0.29, 0.717) is 0 Å². The van der Waals surface area contributed by atoms with Gasteiger partial charge in [0.1, 0.15) is 11.6 Å². The molecule has 0 aliphatic rings. The Bertz CT molecular complexity index is 2090. The standard InChI is InChI=1S/C38H28N4.C2H6/c1-41-35-9-5-3-7-33(35)39-37(41)28-17-11-25(12-18-28)30-21-15-27-16-22-31(24-32(27)23-30)26-13-19-29(20-14-26)38-40-34-8-4-6-10-36(34)42(38)2;1-2/h3-24H,1-2H3;1-2H3. The summed E-state index contributed by atoms with van der Waals surface area (Å²) in [6, 6.07) is 47.4. The molecule has 8 aromatic rings. The van der Waals surface area contributed by atoms with Crippen LogP contribution in [0.5, 0.6) is 0 Å². The molecule has 44 heavy (non-hydrogen) atoms. The molecule has 0 unspecified atom stereocenters. The molecule has 0 aliphatic heterocycles. The number of hydrogen-bond donors (Lipinski definition) is 0. The van der Waals surface area contributed by atoms with E-state index in [1.807, 2.05) is 26.0 Å². The van der Waals surface area contributed by atoms with Gasteiger partial charge in [0.25, 0.3) is 0 Å². The highest BCUT2D eigenvalue weighted by Gasteiger charge is 2.12. The summed E-state index contributed by atoms with van der Waals surface area (Å²) in [6.45, 7) is 4.00. The van der Waals surface area contributed by atoms with Crippen LogP contribution in [0.15, 0.2) is 133 Å². The fourth-order valence-corrected chi connectivity index (χ4v) is 6.04. The predicted molar refractivity (Wildman–Crippen MR) is 186 cm³/mol. The highest BCUT2D eigenvalue weighted by Crippen LogP contribution is 2.32. The van der Waals surface area contributed by atoms with Crippen LogP contribution in [-0.4, -0.2) is 19.1 Å². The summed E-state index contributed by atoms with van der Waals surface area (Å²) in [4.78, 5) is 9.72. The Hall–Kier alpha value is -5.48. The van der Waals surface area contributed by atoms with Gasteiger partial charge in [-0.05, 0) is 69.4 Å². The average molecular weight is 571 g/mol. The van der Waals surface area contributed by atoms with Crippen LogP contribution in [0.3, 0.4) is 0 Å². The fraction of sp³-hybridized carbons (Fsp3) is 0.100. The predicted octanol–water partition coefficient (Wildman–Crippen LogP) is 10.3. The first kappa shape index (κ1) is 27.4. The third-order valence-corrected chi connectivity index (χ3v) is 8.37. The molecule has 0 radical (unpaired) electrons. The molecule has 0 bridgehead atoms. The van der Waals surface area contributed by atoms with Gasteiger partial charge in [0.05, 0.1) is 22.1 Å². The van der Waals surface area contributed by atoms with Crippen molar-refractivity contribution >= 4 is 32.8 Å². The Balaban J connectivity index is 0.00000153. The lowest BCUT2D eigenvalue weighted by molar-refractivity contribution is 0.959. The van der Waals surface area contributed by atoms with Crippen molar-refractivity contribution in [2.45, 2.75) is 13.8 Å². The number of fused-ring (bicyclic) bond motifs is 3. The van der Waals surface area contributed by atoms with E-state index in [1.54, 1.807) is 0 Å². The van der Waals surface area contributed by atoms with Gasteiger partial charge in [-0.25, -0.2) is 9.97 Å². The maximum absolute atomic E-state index is 4.86. The van der Waals surface area contributed by atoms with Crippen LogP contribution < -0.4 is 0 Å². The molecule has 0 amide bonds. The Labute approximate surface area is 257 Å². The van der Waals surface area contributed by atoms with E-state index in [0.717, 1.165) is 44.8 Å². The molecule has 6 aromatic carbocycles. The largest absolute Gasteiger partial charge is 0.327 e. The minimum atomic E-state index is 0.980. The normalized spacial score (nSPS) is 11.2. The van der Waals surface area contributed by atoms with E-state index in [2.05, 4.69) is 145 Å². The van der Waals surface area contributed by atoms with E-state index in [-0.39, 0.29) is 0 Å². The van der Waals surface area contributed by atoms with Crippen molar-refractivity contribution in [3.05, 3.63) is 133 Å². The number of imidazole rings is 2. The van der Waals surface area contributed by atoms with Gasteiger partial charge in [0.2, 0.25) is 0 Å². The van der Waals surface area contributed by atoms with Crippen LogP contribution in [0, 0.1) is 0 Å². The molecule has 4 heteroatoms. The molecular weight excluding hydrogens is 536 g/mol. The lowest BCUT2D eigenvalue weighted by Gasteiger charge is -2.09. The minimum absolute atomic E-state index is 0.980. The maximum atomic E-state index is 4.86. The summed E-state index contributed by atoms with van der Waals surface area (Å²) in [7, 11) is 4.15. The van der Waals surface area contributed by atoms with Crippen molar-refractivity contribution in [2.24, 2.45) is 14.1 Å². The Morgan fingerprint density at radius 2 is 0.750 bits per heavy atom. The number of aromatic nitrogens is 4. The molecule has 0 aliphatic carbocycles. The molecule has 0 saturated carbocycles. The van der Waals surface area contributed by atoms with Gasteiger partial charge >= 0.3 is 0 Å². The molecule has 2 heterocycles. The van der Waals surface area contributed by atoms with Crippen molar-refractivity contribution in [3.8, 4) is 45.0 Å². The highest BCUT2D eigenvalue weighted by molar-refractivity contribution is 5.91. The van der Waals surface area contributed by atoms with Crippen LogP contribution in [0.2, 0.25) is 0 Å². The maximum Gasteiger partial charge on any atom is 0.140 e. The first-order valence-corrected chi connectivity index (χ1v) is 15.2. The number of aryl methyl sites for hydroxylation is 2. The monoisotopic (exact) mass is 570 g/mol. The second-order valence-electron chi connectivity index (χ2n) is 10.9. The SMILES string of the molecule is CC.Cn1c(-c2ccc(-c3ccc4ccc(-c5ccc(-c6nc7ccccc7n6C)cc5)cc4c3)cc2)nc2ccccc21. The molecule has 0 spiro atoms. The molecule has 2 aromatic heterocycles. The summed E-state index contributed by atoms with van der Waals surface area (Å²) in [5.74, 6) is 1.96. The Morgan fingerprint density at radius 3 is 1.16 bits per heavy atom. The van der Waals surface area contributed by atoms with Crippen LogP contribution in [0.4, 0.5) is 0 Å². The number of hydrogen-bond acceptors (Lipinski definition) is 2.